The van der Waals surface area contributed by atoms with Crippen LogP contribution in [0.2, 0.25) is 0 Å². The fourth-order valence-corrected chi connectivity index (χ4v) is 2.02. The van der Waals surface area contributed by atoms with Crippen molar-refractivity contribution in [2.75, 3.05) is 6.54 Å². The Morgan fingerprint density at radius 3 is 2.85 bits per heavy atom. The van der Waals surface area contributed by atoms with Gasteiger partial charge in [0.1, 0.15) is 17.5 Å². The molecule has 1 amide bonds. The Morgan fingerprint density at radius 2 is 2.20 bits per heavy atom. The summed E-state index contributed by atoms with van der Waals surface area (Å²) in [6.45, 7) is 6.41. The summed E-state index contributed by atoms with van der Waals surface area (Å²) in [5, 5.41) is 3.07. The molecule has 0 spiro atoms. The Balaban J connectivity index is 2.38. The quantitative estimate of drug-likeness (QED) is 0.921. The molecular weight excluding hydrogens is 258 g/mol. The van der Waals surface area contributed by atoms with Crippen LogP contribution in [0.5, 0.6) is 0 Å². The first-order valence-electron chi connectivity index (χ1n) is 6.64. The standard InChI is InChI=1S/C14H19N3O3/c1-8(2)5-6-15-12(18)10-9(3)20-13-11(10)14(19)17(4)7-16-13/h7-8H,5-6H2,1-4H3,(H,15,18). The second kappa shape index (κ2) is 5.48. The maximum atomic E-state index is 12.2. The van der Waals surface area contributed by atoms with E-state index in [-0.39, 0.29) is 28.1 Å². The molecule has 0 aliphatic rings. The summed E-state index contributed by atoms with van der Waals surface area (Å²) in [6, 6.07) is 0. The second-order valence-corrected chi connectivity index (χ2v) is 5.31. The largest absolute Gasteiger partial charge is 0.442 e. The average molecular weight is 277 g/mol. The zero-order valence-corrected chi connectivity index (χ0v) is 12.2. The van der Waals surface area contributed by atoms with Crippen LogP contribution < -0.4 is 10.9 Å². The van der Waals surface area contributed by atoms with E-state index in [9.17, 15) is 9.59 Å². The van der Waals surface area contributed by atoms with Crippen molar-refractivity contribution in [3.05, 3.63) is 28.0 Å². The van der Waals surface area contributed by atoms with Gasteiger partial charge in [-0.05, 0) is 19.3 Å². The van der Waals surface area contributed by atoms with Gasteiger partial charge in [-0.25, -0.2) is 4.98 Å². The maximum Gasteiger partial charge on any atom is 0.265 e. The number of carbonyl (C=O) groups is 1. The van der Waals surface area contributed by atoms with Crippen molar-refractivity contribution in [3.63, 3.8) is 0 Å². The van der Waals surface area contributed by atoms with E-state index in [2.05, 4.69) is 24.1 Å². The van der Waals surface area contributed by atoms with E-state index in [1.54, 1.807) is 14.0 Å². The third kappa shape index (κ3) is 2.59. The number of hydrogen-bond acceptors (Lipinski definition) is 4. The van der Waals surface area contributed by atoms with Gasteiger partial charge in [0.25, 0.3) is 11.5 Å². The highest BCUT2D eigenvalue weighted by molar-refractivity contribution is 6.06. The predicted molar refractivity (Wildman–Crippen MR) is 75.8 cm³/mol. The van der Waals surface area contributed by atoms with Crippen molar-refractivity contribution in [3.8, 4) is 0 Å². The van der Waals surface area contributed by atoms with Crippen LogP contribution in [0.1, 0.15) is 36.4 Å². The minimum atomic E-state index is -0.285. The third-order valence-corrected chi connectivity index (χ3v) is 3.18. The molecule has 1 N–H and O–H groups in total. The highest BCUT2D eigenvalue weighted by Crippen LogP contribution is 2.20. The number of aromatic nitrogens is 2. The van der Waals surface area contributed by atoms with Crippen LogP contribution in [0.4, 0.5) is 0 Å². The smallest absolute Gasteiger partial charge is 0.265 e. The fraction of sp³-hybridized carbons (Fsp3) is 0.500. The van der Waals surface area contributed by atoms with Gasteiger partial charge in [-0.2, -0.15) is 0 Å². The maximum absolute atomic E-state index is 12.2. The lowest BCUT2D eigenvalue weighted by atomic mass is 10.1. The molecule has 6 nitrogen and oxygen atoms in total. The van der Waals surface area contributed by atoms with Gasteiger partial charge in [-0.1, -0.05) is 13.8 Å². The molecule has 0 saturated heterocycles. The van der Waals surface area contributed by atoms with E-state index in [1.165, 1.54) is 10.9 Å². The summed E-state index contributed by atoms with van der Waals surface area (Å²) >= 11 is 0. The molecule has 0 saturated carbocycles. The van der Waals surface area contributed by atoms with Gasteiger partial charge in [0.05, 0.1) is 5.56 Å². The Morgan fingerprint density at radius 1 is 1.50 bits per heavy atom. The molecule has 20 heavy (non-hydrogen) atoms. The molecular formula is C14H19N3O3. The van der Waals surface area contributed by atoms with Crippen LogP contribution in [-0.4, -0.2) is 22.0 Å². The van der Waals surface area contributed by atoms with Crippen LogP contribution in [-0.2, 0) is 7.05 Å². The number of carbonyl (C=O) groups excluding carboxylic acids is 1. The first kappa shape index (κ1) is 14.3. The van der Waals surface area contributed by atoms with E-state index in [0.29, 0.717) is 18.2 Å². The van der Waals surface area contributed by atoms with Crippen molar-refractivity contribution in [1.82, 2.24) is 14.9 Å². The number of rotatable bonds is 4. The van der Waals surface area contributed by atoms with Crippen molar-refractivity contribution in [2.24, 2.45) is 13.0 Å². The monoisotopic (exact) mass is 277 g/mol. The molecule has 2 heterocycles. The molecule has 0 aliphatic heterocycles. The number of fused-ring (bicyclic) bond motifs is 1. The van der Waals surface area contributed by atoms with Crippen LogP contribution in [0.25, 0.3) is 11.1 Å². The normalized spacial score (nSPS) is 11.2. The van der Waals surface area contributed by atoms with Crippen LogP contribution in [0.15, 0.2) is 15.5 Å². The highest BCUT2D eigenvalue weighted by atomic mass is 16.3. The summed E-state index contributed by atoms with van der Waals surface area (Å²) in [5.74, 6) is 0.636. The third-order valence-electron chi connectivity index (χ3n) is 3.18. The molecule has 0 aromatic carbocycles. The summed E-state index contributed by atoms with van der Waals surface area (Å²) < 4.78 is 6.73. The molecule has 2 aromatic rings. The first-order valence-corrected chi connectivity index (χ1v) is 6.64. The molecule has 6 heteroatoms. The molecule has 0 aliphatic carbocycles. The number of aryl methyl sites for hydroxylation is 2. The molecule has 2 rings (SSSR count). The summed E-state index contributed by atoms with van der Waals surface area (Å²) in [4.78, 5) is 28.4. The first-order chi connectivity index (χ1) is 9.41. The molecule has 0 bridgehead atoms. The van der Waals surface area contributed by atoms with E-state index >= 15 is 0 Å². The molecule has 2 aromatic heterocycles. The van der Waals surface area contributed by atoms with E-state index < -0.39 is 0 Å². The van der Waals surface area contributed by atoms with Crippen molar-refractivity contribution >= 4 is 17.0 Å². The zero-order valence-electron chi connectivity index (χ0n) is 12.2. The lowest BCUT2D eigenvalue weighted by Crippen LogP contribution is -2.27. The summed E-state index contributed by atoms with van der Waals surface area (Å²) in [7, 11) is 1.59. The Bertz CT molecular complexity index is 697. The van der Waals surface area contributed by atoms with E-state index in [4.69, 9.17) is 4.42 Å². The lowest BCUT2D eigenvalue weighted by Gasteiger charge is -2.06. The lowest BCUT2D eigenvalue weighted by molar-refractivity contribution is 0.0952. The fourth-order valence-electron chi connectivity index (χ4n) is 2.02. The van der Waals surface area contributed by atoms with Gasteiger partial charge in [0, 0.05) is 13.6 Å². The minimum Gasteiger partial charge on any atom is -0.442 e. The van der Waals surface area contributed by atoms with Crippen molar-refractivity contribution < 1.29 is 9.21 Å². The van der Waals surface area contributed by atoms with Crippen LogP contribution in [0, 0.1) is 12.8 Å². The highest BCUT2D eigenvalue weighted by Gasteiger charge is 2.22. The van der Waals surface area contributed by atoms with Gasteiger partial charge in [0.15, 0.2) is 0 Å². The SMILES string of the molecule is Cc1oc2ncn(C)c(=O)c2c1C(=O)NCCC(C)C. The van der Waals surface area contributed by atoms with Crippen LogP contribution >= 0.6 is 0 Å². The molecule has 0 radical (unpaired) electrons. The van der Waals surface area contributed by atoms with Gasteiger partial charge in [-0.15, -0.1) is 0 Å². The predicted octanol–water partition coefficient (Wildman–Crippen LogP) is 1.61. The van der Waals surface area contributed by atoms with E-state index in [1.807, 2.05) is 0 Å². The molecule has 0 atom stereocenters. The summed E-state index contributed by atoms with van der Waals surface area (Å²) in [6.07, 6.45) is 2.27. The number of nitrogens with one attached hydrogen (secondary N) is 1. The van der Waals surface area contributed by atoms with Gasteiger partial charge < -0.3 is 14.3 Å². The van der Waals surface area contributed by atoms with Crippen LogP contribution in [0.3, 0.4) is 0 Å². The number of amides is 1. The van der Waals surface area contributed by atoms with Crippen molar-refractivity contribution in [2.45, 2.75) is 27.2 Å². The van der Waals surface area contributed by atoms with Gasteiger partial charge in [0.2, 0.25) is 5.71 Å². The van der Waals surface area contributed by atoms with E-state index in [0.717, 1.165) is 6.42 Å². The Labute approximate surface area is 116 Å². The van der Waals surface area contributed by atoms with Gasteiger partial charge >= 0.3 is 0 Å². The Kier molecular flexibility index (Phi) is 3.92. The Hall–Kier alpha value is -2.11. The topological polar surface area (TPSA) is 77.1 Å². The number of nitrogens with zero attached hydrogens (tertiary/aromatic N) is 2. The number of hydrogen-bond donors (Lipinski definition) is 1. The molecule has 0 fully saturated rings. The number of furan rings is 1. The molecule has 108 valence electrons. The van der Waals surface area contributed by atoms with Crippen molar-refractivity contribution in [1.29, 1.82) is 0 Å². The molecule has 0 unspecified atom stereocenters. The average Bonchev–Trinajstić information content (AvgIpc) is 2.70. The summed E-state index contributed by atoms with van der Waals surface area (Å²) in [5.41, 5.74) is 0.220. The minimum absolute atomic E-state index is 0.208. The zero-order chi connectivity index (χ0) is 14.9. The second-order valence-electron chi connectivity index (χ2n) is 5.31. The van der Waals surface area contributed by atoms with Gasteiger partial charge in [-0.3, -0.25) is 9.59 Å².